The number of nitrogens with zero attached hydrogens (tertiary/aromatic N) is 1. The third-order valence-corrected chi connectivity index (χ3v) is 7.16. The molecule has 1 aromatic heterocycles. The molecule has 0 bridgehead atoms. The number of benzene rings is 2. The molecule has 1 N–H and O–H groups in total. The number of carbonyl (C=O) groups is 2. The molecule has 3 aromatic rings. The average molecular weight is 433 g/mol. The van der Waals surface area contributed by atoms with E-state index < -0.39 is 5.41 Å². The quantitative estimate of drug-likeness (QED) is 0.640. The van der Waals surface area contributed by atoms with Gasteiger partial charge >= 0.3 is 0 Å². The van der Waals surface area contributed by atoms with Gasteiger partial charge in [0, 0.05) is 24.3 Å². The van der Waals surface area contributed by atoms with Gasteiger partial charge in [-0.2, -0.15) is 0 Å². The van der Waals surface area contributed by atoms with Gasteiger partial charge in [0.15, 0.2) is 0 Å². The van der Waals surface area contributed by atoms with E-state index in [0.29, 0.717) is 13.1 Å². The lowest BCUT2D eigenvalue weighted by Crippen LogP contribution is -2.35. The summed E-state index contributed by atoms with van der Waals surface area (Å²) < 4.78 is 5.49. The summed E-state index contributed by atoms with van der Waals surface area (Å²) in [6, 6.07) is 17.6. The fourth-order valence-corrected chi connectivity index (χ4v) is 5.09. The highest BCUT2D eigenvalue weighted by Crippen LogP contribution is 2.52. The Labute approximate surface area is 185 Å². The lowest BCUT2D eigenvalue weighted by Gasteiger charge is -2.29. The van der Waals surface area contributed by atoms with Gasteiger partial charge in [0.25, 0.3) is 5.91 Å². The molecule has 5 nitrogen and oxygen atoms in total. The van der Waals surface area contributed by atoms with Crippen LogP contribution in [0.2, 0.25) is 0 Å². The molecule has 5 rings (SSSR count). The predicted molar refractivity (Wildman–Crippen MR) is 122 cm³/mol. The van der Waals surface area contributed by atoms with E-state index in [0.717, 1.165) is 46.7 Å². The van der Waals surface area contributed by atoms with Crippen LogP contribution in [0.5, 0.6) is 5.75 Å². The zero-order valence-electron chi connectivity index (χ0n) is 17.4. The summed E-state index contributed by atoms with van der Waals surface area (Å²) in [5.41, 5.74) is 3.52. The normalized spacial score (nSPS) is 16.4. The smallest absolute Gasteiger partial charge is 0.264 e. The minimum absolute atomic E-state index is 0.000669. The number of methoxy groups -OCH3 is 1. The van der Waals surface area contributed by atoms with Gasteiger partial charge in [0.2, 0.25) is 5.91 Å². The third-order valence-electron chi connectivity index (χ3n) is 6.30. The molecule has 0 unspecified atom stereocenters. The van der Waals surface area contributed by atoms with Crippen LogP contribution in [0.1, 0.15) is 39.2 Å². The number of nitrogens with one attached hydrogen (secondary N) is 1. The largest absolute Gasteiger partial charge is 0.496 e. The molecule has 2 heterocycles. The molecule has 1 aliphatic carbocycles. The maximum absolute atomic E-state index is 13.2. The van der Waals surface area contributed by atoms with Crippen LogP contribution in [-0.4, -0.2) is 30.4 Å². The van der Waals surface area contributed by atoms with Crippen molar-refractivity contribution in [2.24, 2.45) is 0 Å². The monoisotopic (exact) mass is 432 g/mol. The lowest BCUT2D eigenvalue weighted by molar-refractivity contribution is -0.118. The van der Waals surface area contributed by atoms with Crippen LogP contribution < -0.4 is 10.1 Å². The fourth-order valence-electron chi connectivity index (χ4n) is 4.40. The molecule has 0 saturated heterocycles. The molecule has 2 aromatic carbocycles. The van der Waals surface area contributed by atoms with Crippen molar-refractivity contribution in [3.8, 4) is 5.75 Å². The van der Waals surface area contributed by atoms with Crippen molar-refractivity contribution in [1.29, 1.82) is 0 Å². The first kappa shape index (κ1) is 19.8. The first-order chi connectivity index (χ1) is 15.1. The van der Waals surface area contributed by atoms with Crippen molar-refractivity contribution in [3.63, 3.8) is 0 Å². The van der Waals surface area contributed by atoms with Crippen molar-refractivity contribution in [2.75, 3.05) is 19.0 Å². The lowest BCUT2D eigenvalue weighted by atomic mass is 9.93. The molecular weight excluding hydrogens is 408 g/mol. The third kappa shape index (κ3) is 3.61. The summed E-state index contributed by atoms with van der Waals surface area (Å²) in [5.74, 6) is 0.825. The summed E-state index contributed by atoms with van der Waals surface area (Å²) in [5, 5.41) is 5.05. The fraction of sp³-hybridized carbons (Fsp3) is 0.280. The summed E-state index contributed by atoms with van der Waals surface area (Å²) in [4.78, 5) is 28.6. The van der Waals surface area contributed by atoms with Crippen LogP contribution in [0.15, 0.2) is 60.0 Å². The number of hydrogen-bond donors (Lipinski definition) is 1. The molecule has 31 heavy (non-hydrogen) atoms. The van der Waals surface area contributed by atoms with Crippen LogP contribution in [0.25, 0.3) is 0 Å². The van der Waals surface area contributed by atoms with E-state index in [4.69, 9.17) is 4.74 Å². The van der Waals surface area contributed by atoms with Crippen molar-refractivity contribution in [3.05, 3.63) is 81.5 Å². The molecule has 6 heteroatoms. The Bertz CT molecular complexity index is 1140. The molecule has 158 valence electrons. The second-order valence-corrected chi connectivity index (χ2v) is 9.12. The number of rotatable bonds is 5. The Hall–Kier alpha value is -3.12. The van der Waals surface area contributed by atoms with Crippen LogP contribution in [-0.2, 0) is 23.2 Å². The van der Waals surface area contributed by atoms with Crippen LogP contribution in [0.3, 0.4) is 0 Å². The van der Waals surface area contributed by atoms with Crippen LogP contribution >= 0.6 is 11.3 Å². The number of thiophene rings is 1. The van der Waals surface area contributed by atoms with Crippen molar-refractivity contribution < 1.29 is 14.3 Å². The van der Waals surface area contributed by atoms with E-state index in [1.54, 1.807) is 7.11 Å². The van der Waals surface area contributed by atoms with Crippen LogP contribution in [0.4, 0.5) is 5.69 Å². The molecular formula is C25H24N2O3S. The highest BCUT2D eigenvalue weighted by molar-refractivity contribution is 7.12. The van der Waals surface area contributed by atoms with Gasteiger partial charge < -0.3 is 15.0 Å². The van der Waals surface area contributed by atoms with Crippen molar-refractivity contribution >= 4 is 28.8 Å². The summed E-state index contributed by atoms with van der Waals surface area (Å²) >= 11 is 1.47. The van der Waals surface area contributed by atoms with Gasteiger partial charge in [-0.05, 0) is 60.0 Å². The number of amides is 2. The standard InChI is InChI=1S/C25H24N2O3S/c1-30-21-6-3-2-5-20(21)25(11-12-25)24(29)26-19-9-8-17-10-13-27(16-18(17)15-19)23(28)22-7-4-14-31-22/h2-9,14-15H,10-13,16H2,1H3,(H,26,29). The maximum Gasteiger partial charge on any atom is 0.264 e. The Morgan fingerprint density at radius 1 is 1.06 bits per heavy atom. The average Bonchev–Trinajstić information content (AvgIpc) is 3.44. The Morgan fingerprint density at radius 3 is 2.65 bits per heavy atom. The Kier molecular flexibility index (Phi) is 5.02. The summed E-state index contributed by atoms with van der Waals surface area (Å²) in [6.07, 6.45) is 2.45. The summed E-state index contributed by atoms with van der Waals surface area (Å²) in [7, 11) is 1.64. The van der Waals surface area contributed by atoms with Crippen molar-refractivity contribution in [1.82, 2.24) is 4.90 Å². The molecule has 1 aliphatic heterocycles. The Balaban J connectivity index is 1.34. The zero-order chi connectivity index (χ0) is 21.4. The predicted octanol–water partition coefficient (Wildman–Crippen LogP) is 4.63. The number of ether oxygens (including phenoxy) is 1. The van der Waals surface area contributed by atoms with Gasteiger partial charge in [0.1, 0.15) is 5.75 Å². The molecule has 0 atom stereocenters. The summed E-state index contributed by atoms with van der Waals surface area (Å²) in [6.45, 7) is 1.28. The van der Waals surface area contributed by atoms with Crippen LogP contribution in [0, 0.1) is 0 Å². The second kappa shape index (κ2) is 7.85. The molecule has 1 fully saturated rings. The molecule has 0 spiro atoms. The second-order valence-electron chi connectivity index (χ2n) is 8.17. The van der Waals surface area contributed by atoms with E-state index in [-0.39, 0.29) is 11.8 Å². The van der Waals surface area contributed by atoms with E-state index in [9.17, 15) is 9.59 Å². The minimum atomic E-state index is -0.524. The molecule has 1 saturated carbocycles. The minimum Gasteiger partial charge on any atom is -0.496 e. The van der Waals surface area contributed by atoms with E-state index in [2.05, 4.69) is 11.4 Å². The first-order valence-electron chi connectivity index (χ1n) is 10.5. The number of carbonyl (C=O) groups excluding carboxylic acids is 2. The number of para-hydroxylation sites is 1. The molecule has 2 aliphatic rings. The van der Waals surface area contributed by atoms with Gasteiger partial charge in [-0.3, -0.25) is 9.59 Å². The van der Waals surface area contributed by atoms with E-state index in [1.165, 1.54) is 16.9 Å². The SMILES string of the molecule is COc1ccccc1C1(C(=O)Nc2ccc3c(c2)CN(C(=O)c2cccs2)CC3)CC1. The maximum atomic E-state index is 13.2. The van der Waals surface area contributed by atoms with Gasteiger partial charge in [-0.15, -0.1) is 11.3 Å². The highest BCUT2D eigenvalue weighted by Gasteiger charge is 2.52. The molecule has 0 radical (unpaired) electrons. The van der Waals surface area contributed by atoms with E-state index >= 15 is 0 Å². The van der Waals surface area contributed by atoms with Gasteiger partial charge in [-0.25, -0.2) is 0 Å². The number of anilines is 1. The van der Waals surface area contributed by atoms with Gasteiger partial charge in [-0.1, -0.05) is 30.3 Å². The number of fused-ring (bicyclic) bond motifs is 1. The van der Waals surface area contributed by atoms with Crippen molar-refractivity contribution in [2.45, 2.75) is 31.2 Å². The highest BCUT2D eigenvalue weighted by atomic mass is 32.1. The first-order valence-corrected chi connectivity index (χ1v) is 11.4. The zero-order valence-corrected chi connectivity index (χ0v) is 18.2. The Morgan fingerprint density at radius 2 is 1.90 bits per heavy atom. The number of hydrogen-bond acceptors (Lipinski definition) is 4. The molecule has 2 amide bonds. The van der Waals surface area contributed by atoms with E-state index in [1.807, 2.05) is 58.8 Å². The topological polar surface area (TPSA) is 58.6 Å². The van der Waals surface area contributed by atoms with Gasteiger partial charge in [0.05, 0.1) is 17.4 Å².